The molecule has 30 heavy (non-hydrogen) atoms. The molecule has 158 valence electrons. The highest BCUT2D eigenvalue weighted by Crippen LogP contribution is 2.46. The molecule has 0 saturated carbocycles. The van der Waals surface area contributed by atoms with Crippen LogP contribution in [0.4, 0.5) is 0 Å². The fourth-order valence-electron chi connectivity index (χ4n) is 4.75. The van der Waals surface area contributed by atoms with Crippen molar-refractivity contribution in [2.24, 2.45) is 5.41 Å². The standard InChI is InChI=1S/C25H29NO3S/c1-19(2)21-8-10-24(11-9-21)30(28,29)26-15-13-22-16-23(27)12-14-25(22,18-26)17-20-6-4-3-5-7-20/h3-11,16,19H,12-15,17-18H2,1-2H3. The van der Waals surface area contributed by atoms with Crippen molar-refractivity contribution in [1.82, 2.24) is 4.31 Å². The summed E-state index contributed by atoms with van der Waals surface area (Å²) in [6, 6.07) is 17.4. The zero-order valence-electron chi connectivity index (χ0n) is 17.7. The van der Waals surface area contributed by atoms with Crippen LogP contribution < -0.4 is 0 Å². The highest BCUT2D eigenvalue weighted by molar-refractivity contribution is 7.89. The van der Waals surface area contributed by atoms with Gasteiger partial charge in [0.2, 0.25) is 10.0 Å². The fraction of sp³-hybridized carbons (Fsp3) is 0.400. The summed E-state index contributed by atoms with van der Waals surface area (Å²) in [5.74, 6) is 0.521. The van der Waals surface area contributed by atoms with E-state index in [1.165, 1.54) is 5.56 Å². The van der Waals surface area contributed by atoms with E-state index in [-0.39, 0.29) is 11.2 Å². The van der Waals surface area contributed by atoms with Crippen LogP contribution >= 0.6 is 0 Å². The first-order chi connectivity index (χ1) is 14.3. The first kappa shape index (κ1) is 21.0. The maximum Gasteiger partial charge on any atom is 0.243 e. The molecule has 2 aromatic rings. The third-order valence-electron chi connectivity index (χ3n) is 6.55. The molecule has 0 amide bonds. The first-order valence-electron chi connectivity index (χ1n) is 10.7. The molecule has 5 heteroatoms. The predicted molar refractivity (Wildman–Crippen MR) is 119 cm³/mol. The van der Waals surface area contributed by atoms with E-state index in [2.05, 4.69) is 26.0 Å². The average molecular weight is 424 g/mol. The number of carbonyl (C=O) groups excluding carboxylic acids is 1. The number of benzene rings is 2. The van der Waals surface area contributed by atoms with Gasteiger partial charge in [-0.1, -0.05) is 61.9 Å². The van der Waals surface area contributed by atoms with Crippen molar-refractivity contribution in [3.8, 4) is 0 Å². The van der Waals surface area contributed by atoms with Gasteiger partial charge in [-0.25, -0.2) is 8.42 Å². The van der Waals surface area contributed by atoms with Gasteiger partial charge in [0, 0.05) is 24.9 Å². The molecule has 4 nitrogen and oxygen atoms in total. The van der Waals surface area contributed by atoms with E-state index in [4.69, 9.17) is 0 Å². The Morgan fingerprint density at radius 2 is 1.70 bits per heavy atom. The Kier molecular flexibility index (Phi) is 5.69. The van der Waals surface area contributed by atoms with Crippen LogP contribution in [0.3, 0.4) is 0 Å². The zero-order chi connectivity index (χ0) is 21.4. The second-order valence-corrected chi connectivity index (χ2v) is 10.8. The summed E-state index contributed by atoms with van der Waals surface area (Å²) in [6.07, 6.45) is 4.33. The van der Waals surface area contributed by atoms with Crippen LogP contribution in [0.1, 0.15) is 50.2 Å². The van der Waals surface area contributed by atoms with Gasteiger partial charge in [0.15, 0.2) is 5.78 Å². The van der Waals surface area contributed by atoms with Crippen LogP contribution in [0.5, 0.6) is 0 Å². The van der Waals surface area contributed by atoms with E-state index in [0.29, 0.717) is 43.2 Å². The summed E-state index contributed by atoms with van der Waals surface area (Å²) in [5, 5.41) is 0. The van der Waals surface area contributed by atoms with E-state index < -0.39 is 10.0 Å². The number of fused-ring (bicyclic) bond motifs is 1. The summed E-state index contributed by atoms with van der Waals surface area (Å²) < 4.78 is 28.5. The van der Waals surface area contributed by atoms with Crippen LogP contribution in [0.15, 0.2) is 71.1 Å². The lowest BCUT2D eigenvalue weighted by Gasteiger charge is -2.46. The molecule has 2 aromatic carbocycles. The number of sulfonamides is 1. The van der Waals surface area contributed by atoms with E-state index in [9.17, 15) is 13.2 Å². The van der Waals surface area contributed by atoms with Gasteiger partial charge in [0.05, 0.1) is 4.90 Å². The van der Waals surface area contributed by atoms with Crippen LogP contribution in [-0.2, 0) is 21.2 Å². The Labute approximate surface area is 179 Å². The highest BCUT2D eigenvalue weighted by Gasteiger charge is 2.45. The van der Waals surface area contributed by atoms with E-state index >= 15 is 0 Å². The van der Waals surface area contributed by atoms with Gasteiger partial charge < -0.3 is 0 Å². The number of rotatable bonds is 5. The third-order valence-corrected chi connectivity index (χ3v) is 8.41. The Bertz CT molecular complexity index is 1060. The summed E-state index contributed by atoms with van der Waals surface area (Å²) in [5.41, 5.74) is 3.12. The van der Waals surface area contributed by atoms with Crippen molar-refractivity contribution in [3.63, 3.8) is 0 Å². The molecule has 1 unspecified atom stereocenters. The van der Waals surface area contributed by atoms with Crippen molar-refractivity contribution in [2.45, 2.75) is 50.3 Å². The molecular weight excluding hydrogens is 394 g/mol. The van der Waals surface area contributed by atoms with Gasteiger partial charge in [-0.15, -0.1) is 0 Å². The summed E-state index contributed by atoms with van der Waals surface area (Å²) in [6.45, 7) is 5.04. The lowest BCUT2D eigenvalue weighted by molar-refractivity contribution is -0.116. The molecular formula is C25H29NO3S. The Hall–Kier alpha value is -2.24. The quantitative estimate of drug-likeness (QED) is 0.699. The molecule has 1 saturated heterocycles. The number of carbonyl (C=O) groups is 1. The maximum atomic E-state index is 13.4. The molecule has 2 aliphatic rings. The van der Waals surface area contributed by atoms with Gasteiger partial charge in [-0.2, -0.15) is 4.31 Å². The number of hydrogen-bond donors (Lipinski definition) is 0. The lowest BCUT2D eigenvalue weighted by atomic mass is 9.66. The average Bonchev–Trinajstić information content (AvgIpc) is 2.74. The van der Waals surface area contributed by atoms with Crippen molar-refractivity contribution in [3.05, 3.63) is 77.4 Å². The minimum absolute atomic E-state index is 0.161. The van der Waals surface area contributed by atoms with Crippen molar-refractivity contribution in [2.75, 3.05) is 13.1 Å². The minimum atomic E-state index is -3.58. The van der Waals surface area contributed by atoms with E-state index in [1.807, 2.05) is 30.3 Å². The van der Waals surface area contributed by atoms with Gasteiger partial charge in [0.25, 0.3) is 0 Å². The largest absolute Gasteiger partial charge is 0.295 e. The van der Waals surface area contributed by atoms with Crippen LogP contribution in [-0.4, -0.2) is 31.6 Å². The highest BCUT2D eigenvalue weighted by atomic mass is 32.2. The topological polar surface area (TPSA) is 54.5 Å². The molecule has 0 bridgehead atoms. The number of hydrogen-bond acceptors (Lipinski definition) is 3. The second-order valence-electron chi connectivity index (χ2n) is 8.89. The molecule has 1 atom stereocenters. The molecule has 4 rings (SSSR count). The van der Waals surface area contributed by atoms with E-state index in [0.717, 1.165) is 17.6 Å². The third kappa shape index (κ3) is 4.01. The number of piperidine rings is 1. The smallest absolute Gasteiger partial charge is 0.243 e. The second kappa shape index (κ2) is 8.12. The summed E-state index contributed by atoms with van der Waals surface area (Å²) in [4.78, 5) is 12.4. The normalized spacial score (nSPS) is 22.6. The number of allylic oxidation sites excluding steroid dienone is 1. The molecule has 1 fully saturated rings. The number of ketones is 1. The zero-order valence-corrected chi connectivity index (χ0v) is 18.5. The molecule has 0 N–H and O–H groups in total. The Morgan fingerprint density at radius 1 is 1.00 bits per heavy atom. The maximum absolute atomic E-state index is 13.4. The SMILES string of the molecule is CC(C)c1ccc(S(=O)(=O)N2CCC3=CC(=O)CCC3(Cc3ccccc3)C2)cc1. The Balaban J connectivity index is 1.66. The van der Waals surface area contributed by atoms with Crippen LogP contribution in [0.25, 0.3) is 0 Å². The molecule has 0 spiro atoms. The fourth-order valence-corrected chi connectivity index (χ4v) is 6.27. The van der Waals surface area contributed by atoms with Gasteiger partial charge in [-0.3, -0.25) is 4.79 Å². The van der Waals surface area contributed by atoms with Crippen molar-refractivity contribution >= 4 is 15.8 Å². The minimum Gasteiger partial charge on any atom is -0.295 e. The molecule has 0 radical (unpaired) electrons. The molecule has 1 aliphatic heterocycles. The van der Waals surface area contributed by atoms with Crippen molar-refractivity contribution < 1.29 is 13.2 Å². The predicted octanol–water partition coefficient (Wildman–Crippen LogP) is 4.72. The van der Waals surface area contributed by atoms with E-state index in [1.54, 1.807) is 22.5 Å². The monoisotopic (exact) mass is 423 g/mol. The molecule has 1 heterocycles. The Morgan fingerprint density at radius 3 is 2.37 bits per heavy atom. The number of nitrogens with zero attached hydrogens (tertiary/aromatic N) is 1. The molecule has 0 aromatic heterocycles. The van der Waals surface area contributed by atoms with Crippen LogP contribution in [0.2, 0.25) is 0 Å². The first-order valence-corrected chi connectivity index (χ1v) is 12.1. The summed E-state index contributed by atoms with van der Waals surface area (Å²) >= 11 is 0. The van der Waals surface area contributed by atoms with Crippen LogP contribution in [0, 0.1) is 5.41 Å². The van der Waals surface area contributed by atoms with Gasteiger partial charge in [0.1, 0.15) is 0 Å². The lowest BCUT2D eigenvalue weighted by Crippen LogP contribution is -2.49. The summed E-state index contributed by atoms with van der Waals surface area (Å²) in [7, 11) is -3.58. The molecule has 1 aliphatic carbocycles. The van der Waals surface area contributed by atoms with Crippen molar-refractivity contribution in [1.29, 1.82) is 0 Å². The van der Waals surface area contributed by atoms with Gasteiger partial charge in [-0.05, 0) is 54.5 Å². The van der Waals surface area contributed by atoms with Gasteiger partial charge >= 0.3 is 0 Å².